The second-order valence-corrected chi connectivity index (χ2v) is 6.25. The van der Waals surface area contributed by atoms with Gasteiger partial charge in [0, 0.05) is 22.8 Å². The van der Waals surface area contributed by atoms with Crippen molar-refractivity contribution < 1.29 is 9.53 Å². The molecule has 2 rings (SSSR count). The zero-order valence-corrected chi connectivity index (χ0v) is 14.1. The van der Waals surface area contributed by atoms with Gasteiger partial charge in [-0.3, -0.25) is 4.79 Å². The maximum Gasteiger partial charge on any atom is 0.225 e. The van der Waals surface area contributed by atoms with Crippen LogP contribution in [0.2, 0.25) is 0 Å². The fourth-order valence-corrected chi connectivity index (χ4v) is 2.76. The molecule has 4 heteroatoms. The van der Waals surface area contributed by atoms with Gasteiger partial charge in [-0.1, -0.05) is 30.4 Å². The highest BCUT2D eigenvalue weighted by Gasteiger charge is 2.03. The average Bonchev–Trinajstić information content (AvgIpc) is 2.56. The molecule has 0 saturated heterocycles. The van der Waals surface area contributed by atoms with Crippen LogP contribution in [0.1, 0.15) is 12.0 Å². The Morgan fingerprint density at radius 3 is 2.52 bits per heavy atom. The zero-order chi connectivity index (χ0) is 16.5. The van der Waals surface area contributed by atoms with Crippen molar-refractivity contribution in [2.45, 2.75) is 18.2 Å². The van der Waals surface area contributed by atoms with Crippen molar-refractivity contribution in [2.75, 3.05) is 17.7 Å². The van der Waals surface area contributed by atoms with Crippen molar-refractivity contribution in [3.8, 4) is 5.75 Å². The van der Waals surface area contributed by atoms with Crippen molar-refractivity contribution >= 4 is 23.4 Å². The van der Waals surface area contributed by atoms with Gasteiger partial charge >= 0.3 is 0 Å². The van der Waals surface area contributed by atoms with Gasteiger partial charge in [-0.2, -0.15) is 0 Å². The highest BCUT2D eigenvalue weighted by atomic mass is 32.2. The molecule has 3 nitrogen and oxygen atoms in total. The normalized spacial score (nSPS) is 10.1. The zero-order valence-electron chi connectivity index (χ0n) is 13.2. The Balaban J connectivity index is 1.73. The Morgan fingerprint density at radius 1 is 1.17 bits per heavy atom. The van der Waals surface area contributed by atoms with E-state index < -0.39 is 0 Å². The predicted molar refractivity (Wildman–Crippen MR) is 97.3 cm³/mol. The average molecular weight is 327 g/mol. The Hall–Kier alpha value is -2.20. The number of nitrogens with one attached hydrogen (secondary N) is 1. The second-order valence-electron chi connectivity index (χ2n) is 5.08. The summed E-state index contributed by atoms with van der Waals surface area (Å²) >= 11 is 1.69. The minimum absolute atomic E-state index is 0.0179. The van der Waals surface area contributed by atoms with Crippen LogP contribution < -0.4 is 10.1 Å². The summed E-state index contributed by atoms with van der Waals surface area (Å²) in [5.41, 5.74) is 2.02. The largest absolute Gasteiger partial charge is 0.490 e. The molecule has 2 aromatic carbocycles. The molecule has 0 bridgehead atoms. The number of hydrogen-bond donors (Lipinski definition) is 1. The Kier molecular flexibility index (Phi) is 6.76. The summed E-state index contributed by atoms with van der Waals surface area (Å²) in [5, 5.41) is 2.89. The summed E-state index contributed by atoms with van der Waals surface area (Å²) in [6, 6.07) is 15.7. The number of anilines is 1. The lowest BCUT2D eigenvalue weighted by Gasteiger charge is -2.07. The van der Waals surface area contributed by atoms with Gasteiger partial charge in [-0.25, -0.2) is 0 Å². The monoisotopic (exact) mass is 327 g/mol. The summed E-state index contributed by atoms with van der Waals surface area (Å²) in [7, 11) is 0. The summed E-state index contributed by atoms with van der Waals surface area (Å²) < 4.78 is 5.40. The number of carbonyl (C=O) groups excluding carboxylic acids is 1. The van der Waals surface area contributed by atoms with E-state index in [0.29, 0.717) is 13.0 Å². The highest BCUT2D eigenvalue weighted by molar-refractivity contribution is 7.99. The van der Waals surface area contributed by atoms with Crippen molar-refractivity contribution in [2.24, 2.45) is 0 Å². The van der Waals surface area contributed by atoms with E-state index in [1.165, 1.54) is 10.5 Å². The Bertz CT molecular complexity index is 635. The van der Waals surface area contributed by atoms with E-state index >= 15 is 0 Å². The Morgan fingerprint density at radius 2 is 1.87 bits per heavy atom. The molecule has 23 heavy (non-hydrogen) atoms. The van der Waals surface area contributed by atoms with Crippen molar-refractivity contribution in [3.05, 3.63) is 66.7 Å². The van der Waals surface area contributed by atoms with E-state index in [1.807, 2.05) is 24.3 Å². The smallest absolute Gasteiger partial charge is 0.225 e. The number of carbonyl (C=O) groups is 1. The molecule has 1 amide bonds. The molecule has 1 N–H and O–H groups in total. The standard InChI is InChI=1S/C19H21NO2S/c1-3-13-22-17-8-6-16(7-9-17)20-19(21)12-14-23-18-10-4-15(2)5-11-18/h3-11H,1,12-14H2,2H3,(H,20,21). The van der Waals surface area contributed by atoms with E-state index in [4.69, 9.17) is 4.74 Å². The first-order valence-corrected chi connectivity index (χ1v) is 8.49. The van der Waals surface area contributed by atoms with Crippen LogP contribution in [-0.2, 0) is 4.79 Å². The topological polar surface area (TPSA) is 38.3 Å². The van der Waals surface area contributed by atoms with Crippen LogP contribution in [0.3, 0.4) is 0 Å². The number of hydrogen-bond acceptors (Lipinski definition) is 3. The molecule has 0 aliphatic rings. The van der Waals surface area contributed by atoms with Crippen LogP contribution in [0, 0.1) is 6.92 Å². The fourth-order valence-electron chi connectivity index (χ4n) is 1.91. The molecule has 0 aromatic heterocycles. The molecule has 0 saturated carbocycles. The van der Waals surface area contributed by atoms with Crippen LogP contribution in [-0.4, -0.2) is 18.3 Å². The molecule has 0 fully saturated rings. The molecule has 0 aliphatic carbocycles. The third kappa shape index (κ3) is 6.20. The van der Waals surface area contributed by atoms with Gasteiger partial charge in [0.05, 0.1) is 0 Å². The third-order valence-electron chi connectivity index (χ3n) is 3.12. The predicted octanol–water partition coefficient (Wildman–Crippen LogP) is 4.68. The summed E-state index contributed by atoms with van der Waals surface area (Å²) in [6.45, 7) is 6.14. The molecule has 0 heterocycles. The quantitative estimate of drug-likeness (QED) is 0.565. The van der Waals surface area contributed by atoms with Crippen molar-refractivity contribution in [1.82, 2.24) is 0 Å². The van der Waals surface area contributed by atoms with E-state index in [1.54, 1.807) is 17.8 Å². The number of ether oxygens (including phenoxy) is 1. The van der Waals surface area contributed by atoms with Crippen LogP contribution in [0.15, 0.2) is 66.1 Å². The summed E-state index contributed by atoms with van der Waals surface area (Å²) in [5.74, 6) is 1.54. The minimum Gasteiger partial charge on any atom is -0.490 e. The molecule has 0 atom stereocenters. The number of thioether (sulfide) groups is 1. The lowest BCUT2D eigenvalue weighted by molar-refractivity contribution is -0.115. The van der Waals surface area contributed by atoms with E-state index in [0.717, 1.165) is 17.2 Å². The molecule has 0 spiro atoms. The molecule has 0 radical (unpaired) electrons. The molecule has 0 unspecified atom stereocenters. The third-order valence-corrected chi connectivity index (χ3v) is 4.14. The van der Waals surface area contributed by atoms with Crippen LogP contribution >= 0.6 is 11.8 Å². The fraction of sp³-hybridized carbons (Fsp3) is 0.211. The molecule has 2 aromatic rings. The molecule has 0 aliphatic heterocycles. The number of amides is 1. The van der Waals surface area contributed by atoms with Gasteiger partial charge in [-0.15, -0.1) is 11.8 Å². The van der Waals surface area contributed by atoms with E-state index in [9.17, 15) is 4.79 Å². The summed E-state index contributed by atoms with van der Waals surface area (Å²) in [4.78, 5) is 13.1. The molecular formula is C19H21NO2S. The summed E-state index contributed by atoms with van der Waals surface area (Å²) in [6.07, 6.45) is 2.18. The minimum atomic E-state index is 0.0179. The maximum atomic E-state index is 11.9. The lowest BCUT2D eigenvalue weighted by Crippen LogP contribution is -2.12. The van der Waals surface area contributed by atoms with Crippen molar-refractivity contribution in [1.29, 1.82) is 0 Å². The van der Waals surface area contributed by atoms with Gasteiger partial charge in [0.15, 0.2) is 0 Å². The van der Waals surface area contributed by atoms with Crippen LogP contribution in [0.4, 0.5) is 5.69 Å². The highest BCUT2D eigenvalue weighted by Crippen LogP contribution is 2.20. The first kappa shape index (κ1) is 17.2. The Labute approximate surface area is 141 Å². The van der Waals surface area contributed by atoms with Gasteiger partial charge in [0.2, 0.25) is 5.91 Å². The van der Waals surface area contributed by atoms with E-state index in [-0.39, 0.29) is 5.91 Å². The second kappa shape index (κ2) is 9.06. The molecule has 120 valence electrons. The van der Waals surface area contributed by atoms with Gasteiger partial charge < -0.3 is 10.1 Å². The van der Waals surface area contributed by atoms with Crippen LogP contribution in [0.25, 0.3) is 0 Å². The first-order valence-electron chi connectivity index (χ1n) is 7.50. The lowest BCUT2D eigenvalue weighted by atomic mass is 10.2. The van der Waals surface area contributed by atoms with Crippen LogP contribution in [0.5, 0.6) is 5.75 Å². The number of benzene rings is 2. The number of aryl methyl sites for hydroxylation is 1. The van der Waals surface area contributed by atoms with Crippen molar-refractivity contribution in [3.63, 3.8) is 0 Å². The SMILES string of the molecule is C=CCOc1ccc(NC(=O)CCSc2ccc(C)cc2)cc1. The van der Waals surface area contributed by atoms with E-state index in [2.05, 4.69) is 43.1 Å². The maximum absolute atomic E-state index is 11.9. The molecular weight excluding hydrogens is 306 g/mol. The number of rotatable bonds is 8. The van der Waals surface area contributed by atoms with Gasteiger partial charge in [0.25, 0.3) is 0 Å². The van der Waals surface area contributed by atoms with Gasteiger partial charge in [-0.05, 0) is 43.3 Å². The first-order chi connectivity index (χ1) is 11.2. The van der Waals surface area contributed by atoms with Gasteiger partial charge in [0.1, 0.15) is 12.4 Å².